The second-order valence-electron chi connectivity index (χ2n) is 6.96. The molecule has 0 spiro atoms. The van der Waals surface area contributed by atoms with Gasteiger partial charge in [0, 0.05) is 20.2 Å². The number of rotatable bonds is 6. The van der Waals surface area contributed by atoms with Crippen LogP contribution < -0.4 is 0 Å². The van der Waals surface area contributed by atoms with Crippen LogP contribution in [0.5, 0.6) is 0 Å². The lowest BCUT2D eigenvalue weighted by atomic mass is 10.1. The van der Waals surface area contributed by atoms with E-state index in [1.165, 1.54) is 32.1 Å². The van der Waals surface area contributed by atoms with Gasteiger partial charge in [0.1, 0.15) is 5.60 Å². The topological polar surface area (TPSA) is 38.8 Å². The van der Waals surface area contributed by atoms with Gasteiger partial charge in [-0.25, -0.2) is 4.79 Å². The lowest BCUT2D eigenvalue weighted by molar-refractivity contribution is 0.0295. The van der Waals surface area contributed by atoms with Crippen molar-refractivity contribution < 1.29 is 14.3 Å². The Kier molecular flexibility index (Phi) is 11.3. The van der Waals surface area contributed by atoms with Crippen molar-refractivity contribution in [3.63, 3.8) is 0 Å². The SMILES string of the molecule is CC(C)(C)OC(=O)N1CCCC1.CCCCC(CCC)OC. The molecule has 0 aromatic carbocycles. The van der Waals surface area contributed by atoms with E-state index in [1.807, 2.05) is 27.9 Å². The molecule has 4 nitrogen and oxygen atoms in total. The summed E-state index contributed by atoms with van der Waals surface area (Å²) < 4.78 is 10.5. The number of carbonyl (C=O) groups is 1. The molecule has 0 bridgehead atoms. The Labute approximate surface area is 137 Å². The first-order valence-corrected chi connectivity index (χ1v) is 8.84. The number of unbranched alkanes of at least 4 members (excludes halogenated alkanes) is 1. The molecule has 1 atom stereocenters. The molecule has 0 radical (unpaired) electrons. The third-order valence-electron chi connectivity index (χ3n) is 3.58. The van der Waals surface area contributed by atoms with Gasteiger partial charge in [0.2, 0.25) is 0 Å². The maximum atomic E-state index is 11.4. The van der Waals surface area contributed by atoms with E-state index < -0.39 is 0 Å². The van der Waals surface area contributed by atoms with Crippen molar-refractivity contribution in [2.45, 2.75) is 91.3 Å². The van der Waals surface area contributed by atoms with Gasteiger partial charge in [0.25, 0.3) is 0 Å². The van der Waals surface area contributed by atoms with Gasteiger partial charge >= 0.3 is 6.09 Å². The van der Waals surface area contributed by atoms with E-state index in [4.69, 9.17) is 9.47 Å². The van der Waals surface area contributed by atoms with Crippen LogP contribution in [0, 0.1) is 0 Å². The number of methoxy groups -OCH3 is 1. The number of ether oxygens (including phenoxy) is 2. The van der Waals surface area contributed by atoms with Gasteiger partial charge in [-0.3, -0.25) is 0 Å². The standard InChI is InChI=1S/C9H17NO2.C9H20O/c1-9(2,3)12-8(11)10-6-4-5-7-10;1-4-6-8-9(10-3)7-5-2/h4-7H2,1-3H3;9H,4-8H2,1-3H3. The van der Waals surface area contributed by atoms with Gasteiger partial charge in [-0.1, -0.05) is 33.1 Å². The maximum Gasteiger partial charge on any atom is 0.410 e. The summed E-state index contributed by atoms with van der Waals surface area (Å²) in [6, 6.07) is 0. The highest BCUT2D eigenvalue weighted by atomic mass is 16.6. The second-order valence-corrected chi connectivity index (χ2v) is 6.96. The zero-order chi connectivity index (χ0) is 17.0. The Morgan fingerprint density at radius 1 is 1.09 bits per heavy atom. The Hall–Kier alpha value is -0.770. The van der Waals surface area contributed by atoms with Gasteiger partial charge in [0.15, 0.2) is 0 Å². The second kappa shape index (κ2) is 11.8. The van der Waals surface area contributed by atoms with Crippen LogP contribution in [0.2, 0.25) is 0 Å². The van der Waals surface area contributed by atoms with Crippen LogP contribution in [0.15, 0.2) is 0 Å². The fourth-order valence-corrected chi connectivity index (χ4v) is 2.36. The first-order valence-electron chi connectivity index (χ1n) is 8.84. The molecule has 0 aromatic rings. The highest BCUT2D eigenvalue weighted by Gasteiger charge is 2.23. The molecular weight excluding hydrogens is 278 g/mol. The molecule has 1 amide bonds. The third-order valence-corrected chi connectivity index (χ3v) is 3.58. The fraction of sp³-hybridized carbons (Fsp3) is 0.944. The highest BCUT2D eigenvalue weighted by Crippen LogP contribution is 2.14. The van der Waals surface area contributed by atoms with Crippen LogP contribution in [0.3, 0.4) is 0 Å². The number of amides is 1. The predicted octanol–water partition coefficient (Wildman–Crippen LogP) is 5.01. The third kappa shape index (κ3) is 10.9. The molecule has 0 saturated carbocycles. The van der Waals surface area contributed by atoms with E-state index in [1.54, 1.807) is 4.90 Å². The van der Waals surface area contributed by atoms with E-state index in [0.29, 0.717) is 6.10 Å². The summed E-state index contributed by atoms with van der Waals surface area (Å²) >= 11 is 0. The predicted molar refractivity (Wildman–Crippen MR) is 92.3 cm³/mol. The van der Waals surface area contributed by atoms with Crippen LogP contribution in [0.4, 0.5) is 4.79 Å². The minimum Gasteiger partial charge on any atom is -0.444 e. The van der Waals surface area contributed by atoms with Crippen LogP contribution in [-0.4, -0.2) is 42.9 Å². The summed E-state index contributed by atoms with van der Waals surface area (Å²) in [6.45, 7) is 11.8. The van der Waals surface area contributed by atoms with Gasteiger partial charge in [-0.15, -0.1) is 0 Å². The van der Waals surface area contributed by atoms with Gasteiger partial charge in [-0.2, -0.15) is 0 Å². The molecule has 0 aromatic heterocycles. The zero-order valence-electron chi connectivity index (χ0n) is 15.6. The van der Waals surface area contributed by atoms with Crippen molar-refractivity contribution in [2.24, 2.45) is 0 Å². The molecule has 1 fully saturated rings. The molecule has 22 heavy (non-hydrogen) atoms. The molecule has 1 unspecified atom stereocenters. The average molecular weight is 315 g/mol. The molecule has 1 aliphatic heterocycles. The first kappa shape index (κ1) is 21.2. The Morgan fingerprint density at radius 2 is 1.68 bits per heavy atom. The van der Waals surface area contributed by atoms with E-state index in [0.717, 1.165) is 25.9 Å². The maximum absolute atomic E-state index is 11.4. The van der Waals surface area contributed by atoms with Crippen LogP contribution >= 0.6 is 0 Å². The minimum atomic E-state index is -0.361. The summed E-state index contributed by atoms with van der Waals surface area (Å²) in [5.41, 5.74) is -0.361. The summed E-state index contributed by atoms with van der Waals surface area (Å²) in [5.74, 6) is 0. The summed E-state index contributed by atoms with van der Waals surface area (Å²) in [5, 5.41) is 0. The minimum absolute atomic E-state index is 0.167. The van der Waals surface area contributed by atoms with E-state index in [9.17, 15) is 4.79 Å². The van der Waals surface area contributed by atoms with Crippen LogP contribution in [-0.2, 0) is 9.47 Å². The largest absolute Gasteiger partial charge is 0.444 e. The lowest BCUT2D eigenvalue weighted by Crippen LogP contribution is -2.34. The quantitative estimate of drug-likeness (QED) is 0.691. The van der Waals surface area contributed by atoms with Gasteiger partial charge in [-0.05, 0) is 46.5 Å². The van der Waals surface area contributed by atoms with E-state index in [-0.39, 0.29) is 11.7 Å². The Bertz CT molecular complexity index is 281. The van der Waals surface area contributed by atoms with E-state index in [2.05, 4.69) is 13.8 Å². The molecule has 4 heteroatoms. The summed E-state index contributed by atoms with van der Waals surface area (Å²) in [4.78, 5) is 13.1. The normalized spacial score (nSPS) is 16.0. The number of carbonyl (C=O) groups excluding carboxylic acids is 1. The highest BCUT2D eigenvalue weighted by molar-refractivity contribution is 5.68. The monoisotopic (exact) mass is 315 g/mol. The average Bonchev–Trinajstić information content (AvgIpc) is 2.96. The van der Waals surface area contributed by atoms with Crippen molar-refractivity contribution in [3.05, 3.63) is 0 Å². The number of likely N-dealkylation sites (tertiary alicyclic amines) is 1. The fourth-order valence-electron chi connectivity index (χ4n) is 2.36. The Balaban J connectivity index is 0.000000409. The van der Waals surface area contributed by atoms with Crippen LogP contribution in [0.1, 0.15) is 79.6 Å². The van der Waals surface area contributed by atoms with Crippen LogP contribution in [0.25, 0.3) is 0 Å². The molecule has 0 aliphatic carbocycles. The first-order chi connectivity index (χ1) is 10.3. The molecule has 0 N–H and O–H groups in total. The van der Waals surface area contributed by atoms with Crippen molar-refractivity contribution in [2.75, 3.05) is 20.2 Å². The van der Waals surface area contributed by atoms with Crippen molar-refractivity contribution in [1.82, 2.24) is 4.90 Å². The van der Waals surface area contributed by atoms with Crippen molar-refractivity contribution >= 4 is 6.09 Å². The summed E-state index contributed by atoms with van der Waals surface area (Å²) in [7, 11) is 1.82. The molecule has 1 aliphatic rings. The summed E-state index contributed by atoms with van der Waals surface area (Å²) in [6.07, 6.45) is 8.85. The molecule has 1 heterocycles. The molecule has 1 rings (SSSR count). The molecule has 132 valence electrons. The number of hydrogen-bond donors (Lipinski definition) is 0. The smallest absolute Gasteiger partial charge is 0.410 e. The van der Waals surface area contributed by atoms with Gasteiger partial charge < -0.3 is 14.4 Å². The Morgan fingerprint density at radius 3 is 2.09 bits per heavy atom. The lowest BCUT2D eigenvalue weighted by Gasteiger charge is -2.23. The van der Waals surface area contributed by atoms with Gasteiger partial charge in [0.05, 0.1) is 6.10 Å². The number of nitrogens with zero attached hydrogens (tertiary/aromatic N) is 1. The van der Waals surface area contributed by atoms with Crippen molar-refractivity contribution in [3.8, 4) is 0 Å². The molecular formula is C18H37NO3. The number of hydrogen-bond acceptors (Lipinski definition) is 3. The zero-order valence-corrected chi connectivity index (χ0v) is 15.6. The van der Waals surface area contributed by atoms with Crippen molar-refractivity contribution in [1.29, 1.82) is 0 Å². The van der Waals surface area contributed by atoms with E-state index >= 15 is 0 Å². The molecule has 1 saturated heterocycles.